The van der Waals surface area contributed by atoms with Crippen molar-refractivity contribution in [3.05, 3.63) is 0 Å². The molecule has 1 unspecified atom stereocenters. The van der Waals surface area contributed by atoms with Crippen LogP contribution in [0.5, 0.6) is 0 Å². The Balaban J connectivity index is 0. The van der Waals surface area contributed by atoms with Gasteiger partial charge in [-0.25, -0.2) is 0 Å². The van der Waals surface area contributed by atoms with E-state index in [-0.39, 0.29) is 1.43 Å². The molecule has 0 aliphatic carbocycles. The first-order chi connectivity index (χ1) is 3.41. The van der Waals surface area contributed by atoms with Crippen LogP contribution in [-0.4, -0.2) is 12.8 Å². The fourth-order valence-electron chi connectivity index (χ4n) is 0.552. The van der Waals surface area contributed by atoms with Crippen LogP contribution in [0.3, 0.4) is 0 Å². The lowest BCUT2D eigenvalue weighted by molar-refractivity contribution is 0.777. The van der Waals surface area contributed by atoms with Gasteiger partial charge in [0.05, 0.1) is 0 Å². The van der Waals surface area contributed by atoms with Crippen LogP contribution in [0.1, 0.15) is 27.6 Å². The Morgan fingerprint density at radius 2 is 2.14 bits per heavy atom. The largest absolute Gasteiger partial charge is 1.00 e. The summed E-state index contributed by atoms with van der Waals surface area (Å²) < 4.78 is 0. The van der Waals surface area contributed by atoms with Crippen molar-refractivity contribution in [3.8, 4) is 0 Å². The van der Waals surface area contributed by atoms with Crippen LogP contribution in [-0.2, 0) is 0 Å². The molecule has 1 heteroatoms. The molecule has 1 atom stereocenters. The molecule has 0 aromatic rings. The Morgan fingerprint density at radius 3 is 2.57 bits per heavy atom. The second-order valence-corrected chi connectivity index (χ2v) is 3.02. The first-order valence-corrected chi connectivity index (χ1v) is 4.77. The maximum absolute atomic E-state index is 2.27. The van der Waals surface area contributed by atoms with E-state index in [1.807, 2.05) is 0 Å². The van der Waals surface area contributed by atoms with Gasteiger partial charge in [-0.3, -0.25) is 0 Å². The molecule has 44 valence electrons. The summed E-state index contributed by atoms with van der Waals surface area (Å²) in [5.74, 6) is 0. The highest BCUT2D eigenvalue weighted by Gasteiger charge is 1.79. The highest BCUT2D eigenvalue weighted by Crippen LogP contribution is 2.06. The van der Waals surface area contributed by atoms with Gasteiger partial charge in [-0.1, -0.05) is 19.8 Å². The third kappa shape index (κ3) is 6.43. The first kappa shape index (κ1) is 7.43. The molecule has 0 amide bonds. The standard InChI is InChI=1S/C6H15P/c1-3-4-5-6-7-2/h7H,3-6H2,1-2H3/p+1. The van der Waals surface area contributed by atoms with Gasteiger partial charge in [0.25, 0.3) is 0 Å². The molecule has 0 aliphatic rings. The Morgan fingerprint density at radius 1 is 1.43 bits per heavy atom. The zero-order valence-electron chi connectivity index (χ0n) is 6.33. The van der Waals surface area contributed by atoms with Crippen molar-refractivity contribution in [2.24, 2.45) is 0 Å². The third-order valence-corrected chi connectivity index (χ3v) is 1.88. The summed E-state index contributed by atoms with van der Waals surface area (Å²) in [6, 6.07) is 0. The molecule has 0 rings (SSSR count). The maximum Gasteiger partial charge on any atom is 1.00 e. The number of rotatable bonds is 4. The molecule has 0 fully saturated rings. The van der Waals surface area contributed by atoms with Crippen molar-refractivity contribution < 1.29 is 1.43 Å². The Kier molecular flexibility index (Phi) is 6.82. The fraction of sp³-hybridized carbons (Fsp3) is 1.00. The summed E-state index contributed by atoms with van der Waals surface area (Å²) in [4.78, 5) is 0. The molecule has 0 aliphatic heterocycles. The van der Waals surface area contributed by atoms with Crippen molar-refractivity contribution in [1.29, 1.82) is 0 Å². The van der Waals surface area contributed by atoms with Gasteiger partial charge in [0.2, 0.25) is 0 Å². The lowest BCUT2D eigenvalue weighted by atomic mass is 10.3. The highest BCUT2D eigenvalue weighted by molar-refractivity contribution is 7.36. The zero-order chi connectivity index (χ0) is 5.54. The minimum Gasteiger partial charge on any atom is -0.125 e. The van der Waals surface area contributed by atoms with Crippen molar-refractivity contribution in [1.82, 2.24) is 0 Å². The fourth-order valence-corrected chi connectivity index (χ4v) is 1.16. The zero-order valence-corrected chi connectivity index (χ0v) is 6.33. The van der Waals surface area contributed by atoms with Crippen molar-refractivity contribution in [3.63, 3.8) is 0 Å². The van der Waals surface area contributed by atoms with Gasteiger partial charge in [-0.2, -0.15) is 0 Å². The summed E-state index contributed by atoms with van der Waals surface area (Å²) >= 11 is 0. The SMILES string of the molecule is CCCCCPC.[H+]. The average Bonchev–Trinajstić information content (AvgIpc) is 1.69. The quantitative estimate of drug-likeness (QED) is 0.394. The van der Waals surface area contributed by atoms with Gasteiger partial charge in [-0.15, -0.1) is 8.58 Å². The van der Waals surface area contributed by atoms with E-state index in [4.69, 9.17) is 0 Å². The van der Waals surface area contributed by atoms with Crippen LogP contribution < -0.4 is 0 Å². The minimum absolute atomic E-state index is 0. The topological polar surface area (TPSA) is 0 Å². The molecule has 0 N–H and O–H groups in total. The van der Waals surface area contributed by atoms with E-state index >= 15 is 0 Å². The number of hydrogen-bond donors (Lipinski definition) is 0. The van der Waals surface area contributed by atoms with Crippen molar-refractivity contribution in [2.75, 3.05) is 12.8 Å². The Hall–Kier alpha value is 0.430. The molecule has 0 spiro atoms. The predicted molar refractivity (Wildman–Crippen MR) is 39.7 cm³/mol. The van der Waals surface area contributed by atoms with Gasteiger partial charge < -0.3 is 0 Å². The molecule has 0 radical (unpaired) electrons. The average molecular weight is 119 g/mol. The van der Waals surface area contributed by atoms with Crippen LogP contribution in [0.4, 0.5) is 0 Å². The second-order valence-electron chi connectivity index (χ2n) is 1.81. The van der Waals surface area contributed by atoms with Gasteiger partial charge in [0.1, 0.15) is 0 Å². The number of hydrogen-bond acceptors (Lipinski definition) is 0. The molecule has 0 saturated carbocycles. The number of unbranched alkanes of at least 4 members (excludes halogenated alkanes) is 2. The molecule has 0 aromatic carbocycles. The molecular formula is C6H16P+. The van der Waals surface area contributed by atoms with Crippen molar-refractivity contribution in [2.45, 2.75) is 26.2 Å². The molecular weight excluding hydrogens is 103 g/mol. The molecule has 0 nitrogen and oxygen atoms in total. The summed E-state index contributed by atoms with van der Waals surface area (Å²) in [7, 11) is 1.17. The molecule has 0 saturated heterocycles. The van der Waals surface area contributed by atoms with Gasteiger partial charge in [0, 0.05) is 0 Å². The van der Waals surface area contributed by atoms with Gasteiger partial charge in [-0.05, 0) is 19.2 Å². The van der Waals surface area contributed by atoms with E-state index in [0.717, 1.165) is 0 Å². The second kappa shape index (κ2) is 6.43. The Labute approximate surface area is 50.0 Å². The molecule has 0 bridgehead atoms. The predicted octanol–water partition coefficient (Wildman–Crippen LogP) is 2.60. The van der Waals surface area contributed by atoms with Crippen LogP contribution in [0.2, 0.25) is 0 Å². The van der Waals surface area contributed by atoms with Crippen LogP contribution in [0.15, 0.2) is 0 Å². The van der Waals surface area contributed by atoms with E-state index in [9.17, 15) is 0 Å². The molecule has 0 heterocycles. The maximum atomic E-state index is 2.27. The lowest BCUT2D eigenvalue weighted by Gasteiger charge is -1.91. The highest BCUT2D eigenvalue weighted by atomic mass is 31.1. The minimum atomic E-state index is 0. The lowest BCUT2D eigenvalue weighted by Crippen LogP contribution is -1.73. The third-order valence-electron chi connectivity index (χ3n) is 1.03. The smallest absolute Gasteiger partial charge is 0.125 e. The summed E-state index contributed by atoms with van der Waals surface area (Å²) in [5.41, 5.74) is 0. The van der Waals surface area contributed by atoms with Crippen molar-refractivity contribution >= 4 is 8.58 Å². The van der Waals surface area contributed by atoms with E-state index in [1.165, 1.54) is 34.0 Å². The van der Waals surface area contributed by atoms with Crippen LogP contribution in [0.25, 0.3) is 0 Å². The van der Waals surface area contributed by atoms with Gasteiger partial charge >= 0.3 is 1.43 Å². The van der Waals surface area contributed by atoms with E-state index in [0.29, 0.717) is 0 Å². The normalized spacial score (nSPS) is 11.1. The van der Waals surface area contributed by atoms with Crippen LogP contribution >= 0.6 is 8.58 Å². The first-order valence-electron chi connectivity index (χ1n) is 3.06. The Bertz CT molecular complexity index is 27.7. The molecule has 7 heavy (non-hydrogen) atoms. The van der Waals surface area contributed by atoms with E-state index in [1.54, 1.807) is 0 Å². The van der Waals surface area contributed by atoms with Crippen LogP contribution in [0, 0.1) is 0 Å². The summed E-state index contributed by atoms with van der Waals surface area (Å²) in [6.45, 7) is 4.52. The van der Waals surface area contributed by atoms with E-state index < -0.39 is 0 Å². The summed E-state index contributed by atoms with van der Waals surface area (Å²) in [6.07, 6.45) is 5.70. The van der Waals surface area contributed by atoms with E-state index in [2.05, 4.69) is 13.6 Å². The van der Waals surface area contributed by atoms with Gasteiger partial charge in [0.15, 0.2) is 0 Å². The monoisotopic (exact) mass is 119 g/mol. The molecule has 0 aromatic heterocycles. The summed E-state index contributed by atoms with van der Waals surface area (Å²) in [5, 5.41) is 0.